The molecule has 1 atom stereocenters. The molecule has 1 aromatic heterocycles. The smallest absolute Gasteiger partial charge is 0.262 e. The molecule has 0 saturated carbocycles. The van der Waals surface area contributed by atoms with E-state index in [0.29, 0.717) is 34.7 Å². The number of fused-ring (bicyclic) bond motifs is 1. The molecule has 3 rings (SSSR count). The van der Waals surface area contributed by atoms with Crippen LogP contribution in [0, 0.1) is 0 Å². The Kier molecular flexibility index (Phi) is 8.69. The number of thioether (sulfide) groups is 1. The van der Waals surface area contributed by atoms with Crippen LogP contribution in [0.5, 0.6) is 0 Å². The van der Waals surface area contributed by atoms with Gasteiger partial charge in [0.1, 0.15) is 0 Å². The average molecular weight is 467 g/mol. The van der Waals surface area contributed by atoms with Crippen molar-refractivity contribution in [2.75, 3.05) is 12.3 Å². The molecule has 7 heteroatoms. The van der Waals surface area contributed by atoms with Gasteiger partial charge in [-0.15, -0.1) is 0 Å². The zero-order chi connectivity index (χ0) is 24.0. The number of carbonyl (C=O) groups is 1. The number of nitrogens with one attached hydrogen (secondary N) is 1. The third-order valence-electron chi connectivity index (χ3n) is 5.74. The number of benzene rings is 2. The normalized spacial score (nSPS) is 12.6. The van der Waals surface area contributed by atoms with E-state index in [9.17, 15) is 9.59 Å². The van der Waals surface area contributed by atoms with E-state index < -0.39 is 0 Å². The Hall–Kier alpha value is -2.64. The quantitative estimate of drug-likeness (QED) is 0.352. The van der Waals surface area contributed by atoms with Crippen molar-refractivity contribution in [2.24, 2.45) is 0 Å². The Morgan fingerprint density at radius 1 is 1.00 bits per heavy atom. The van der Waals surface area contributed by atoms with E-state index in [1.807, 2.05) is 61.5 Å². The highest BCUT2D eigenvalue weighted by atomic mass is 32.2. The van der Waals surface area contributed by atoms with Gasteiger partial charge in [-0.1, -0.05) is 54.2 Å². The average Bonchev–Trinajstić information content (AvgIpc) is 2.79. The largest absolute Gasteiger partial charge is 0.349 e. The number of carbonyl (C=O) groups excluding carboxylic acids is 1. The molecule has 2 aromatic carbocycles. The van der Waals surface area contributed by atoms with Gasteiger partial charge in [-0.25, -0.2) is 4.98 Å². The summed E-state index contributed by atoms with van der Waals surface area (Å²) in [6.07, 6.45) is 0. The second kappa shape index (κ2) is 11.5. The minimum absolute atomic E-state index is 0.0615. The molecule has 0 aliphatic heterocycles. The molecule has 0 bridgehead atoms. The van der Waals surface area contributed by atoms with Crippen LogP contribution in [0.1, 0.15) is 46.2 Å². The molecule has 1 amide bonds. The SMILES string of the molecule is CC(NC(=O)CSc1nc2ccccc2c(=O)n1CCN(C(C)C)C(C)C)c1ccccc1. The van der Waals surface area contributed by atoms with Gasteiger partial charge in [-0.2, -0.15) is 0 Å². The van der Waals surface area contributed by atoms with Gasteiger partial charge >= 0.3 is 0 Å². The van der Waals surface area contributed by atoms with Crippen LogP contribution in [0.15, 0.2) is 64.5 Å². The molecular weight excluding hydrogens is 432 g/mol. The molecule has 6 nitrogen and oxygen atoms in total. The maximum Gasteiger partial charge on any atom is 0.262 e. The lowest BCUT2D eigenvalue weighted by Crippen LogP contribution is -2.40. The van der Waals surface area contributed by atoms with E-state index in [2.05, 4.69) is 37.9 Å². The monoisotopic (exact) mass is 466 g/mol. The van der Waals surface area contributed by atoms with Crippen molar-refractivity contribution < 1.29 is 4.79 Å². The first-order chi connectivity index (χ1) is 15.8. The van der Waals surface area contributed by atoms with Crippen LogP contribution in [0.3, 0.4) is 0 Å². The lowest BCUT2D eigenvalue weighted by Gasteiger charge is -2.30. The maximum absolute atomic E-state index is 13.3. The Morgan fingerprint density at radius 3 is 2.30 bits per heavy atom. The summed E-state index contributed by atoms with van der Waals surface area (Å²) in [7, 11) is 0. The molecule has 0 radical (unpaired) electrons. The van der Waals surface area contributed by atoms with Crippen molar-refractivity contribution in [3.05, 3.63) is 70.5 Å². The molecule has 0 spiro atoms. The Bertz CT molecular complexity index is 1120. The van der Waals surface area contributed by atoms with Crippen LogP contribution in [-0.2, 0) is 11.3 Å². The van der Waals surface area contributed by atoms with Crippen molar-refractivity contribution in [1.29, 1.82) is 0 Å². The van der Waals surface area contributed by atoms with Gasteiger partial charge in [0.15, 0.2) is 5.16 Å². The number of aromatic nitrogens is 2. The van der Waals surface area contributed by atoms with E-state index >= 15 is 0 Å². The van der Waals surface area contributed by atoms with Crippen LogP contribution >= 0.6 is 11.8 Å². The maximum atomic E-state index is 13.3. The van der Waals surface area contributed by atoms with Gasteiger partial charge in [-0.3, -0.25) is 19.1 Å². The van der Waals surface area contributed by atoms with Crippen LogP contribution in [0.25, 0.3) is 10.9 Å². The lowest BCUT2D eigenvalue weighted by molar-refractivity contribution is -0.119. The molecule has 0 aliphatic carbocycles. The van der Waals surface area contributed by atoms with Crippen molar-refractivity contribution in [3.8, 4) is 0 Å². The molecule has 1 heterocycles. The van der Waals surface area contributed by atoms with E-state index in [-0.39, 0.29) is 23.3 Å². The van der Waals surface area contributed by atoms with Crippen LogP contribution in [-0.4, -0.2) is 44.7 Å². The third-order valence-corrected chi connectivity index (χ3v) is 6.72. The van der Waals surface area contributed by atoms with E-state index in [4.69, 9.17) is 4.98 Å². The number of para-hydroxylation sites is 1. The van der Waals surface area contributed by atoms with Crippen molar-refractivity contribution in [3.63, 3.8) is 0 Å². The first-order valence-corrected chi connectivity index (χ1v) is 12.5. The van der Waals surface area contributed by atoms with Gasteiger partial charge in [0.2, 0.25) is 5.91 Å². The fourth-order valence-electron chi connectivity index (χ4n) is 4.02. The Labute approximate surface area is 200 Å². The van der Waals surface area contributed by atoms with Crippen LogP contribution in [0.2, 0.25) is 0 Å². The molecule has 0 aliphatic rings. The van der Waals surface area contributed by atoms with Crippen molar-refractivity contribution >= 4 is 28.6 Å². The standard InChI is InChI=1S/C26H34N4O2S/c1-18(2)29(19(3)4)15-16-30-25(32)22-13-9-10-14-23(22)28-26(30)33-17-24(31)27-20(5)21-11-7-6-8-12-21/h6-14,18-20H,15-17H2,1-5H3,(H,27,31). The van der Waals surface area contributed by atoms with Crippen molar-refractivity contribution in [1.82, 2.24) is 19.8 Å². The molecule has 3 aromatic rings. The van der Waals surface area contributed by atoms with E-state index in [0.717, 1.165) is 12.1 Å². The summed E-state index contributed by atoms with van der Waals surface area (Å²) in [5.74, 6) is 0.108. The minimum atomic E-state index is -0.0868. The Morgan fingerprint density at radius 2 is 1.64 bits per heavy atom. The summed E-state index contributed by atoms with van der Waals surface area (Å²) in [6, 6.07) is 17.9. The summed E-state index contributed by atoms with van der Waals surface area (Å²) in [5.41, 5.74) is 1.65. The zero-order valence-corrected chi connectivity index (χ0v) is 20.9. The van der Waals surface area contributed by atoms with E-state index in [1.165, 1.54) is 11.8 Å². The van der Waals surface area contributed by atoms with Gasteiger partial charge < -0.3 is 5.32 Å². The predicted octanol–water partition coefficient (Wildman–Crippen LogP) is 4.48. The van der Waals surface area contributed by atoms with Crippen LogP contribution in [0.4, 0.5) is 0 Å². The van der Waals surface area contributed by atoms with Crippen molar-refractivity contribution in [2.45, 2.75) is 64.4 Å². The fraction of sp³-hybridized carbons (Fsp3) is 0.423. The molecule has 0 saturated heterocycles. The predicted molar refractivity (Wildman–Crippen MR) is 137 cm³/mol. The highest BCUT2D eigenvalue weighted by molar-refractivity contribution is 7.99. The summed E-state index contributed by atoms with van der Waals surface area (Å²) >= 11 is 1.31. The van der Waals surface area contributed by atoms with Gasteiger partial charge in [0.05, 0.1) is 22.7 Å². The van der Waals surface area contributed by atoms with Crippen LogP contribution < -0.4 is 10.9 Å². The molecule has 33 heavy (non-hydrogen) atoms. The Balaban J connectivity index is 1.79. The molecule has 0 fully saturated rings. The third kappa shape index (κ3) is 6.45. The molecular formula is C26H34N4O2S. The summed E-state index contributed by atoms with van der Waals surface area (Å²) in [6.45, 7) is 11.9. The zero-order valence-electron chi connectivity index (χ0n) is 20.1. The summed E-state index contributed by atoms with van der Waals surface area (Å²) in [5, 5.41) is 4.21. The highest BCUT2D eigenvalue weighted by Crippen LogP contribution is 2.19. The number of rotatable bonds is 10. The van der Waals surface area contributed by atoms with Gasteiger partial charge in [-0.05, 0) is 52.3 Å². The fourth-order valence-corrected chi connectivity index (χ4v) is 4.86. The number of nitrogens with zero attached hydrogens (tertiary/aromatic N) is 3. The number of hydrogen-bond acceptors (Lipinski definition) is 5. The second-order valence-corrected chi connectivity index (χ2v) is 9.72. The first kappa shape index (κ1) is 25.0. The highest BCUT2D eigenvalue weighted by Gasteiger charge is 2.18. The topological polar surface area (TPSA) is 67.2 Å². The second-order valence-electron chi connectivity index (χ2n) is 8.78. The summed E-state index contributed by atoms with van der Waals surface area (Å²) in [4.78, 5) is 33.0. The molecule has 1 unspecified atom stereocenters. The molecule has 176 valence electrons. The van der Waals surface area contributed by atoms with Gasteiger partial charge in [0, 0.05) is 25.2 Å². The number of hydrogen-bond donors (Lipinski definition) is 1. The first-order valence-electron chi connectivity index (χ1n) is 11.5. The summed E-state index contributed by atoms with van der Waals surface area (Å²) < 4.78 is 1.72. The van der Waals surface area contributed by atoms with Gasteiger partial charge in [0.25, 0.3) is 5.56 Å². The minimum Gasteiger partial charge on any atom is -0.349 e. The molecule has 1 N–H and O–H groups in total. The lowest BCUT2D eigenvalue weighted by atomic mass is 10.1. The van der Waals surface area contributed by atoms with E-state index in [1.54, 1.807) is 4.57 Å². The number of amides is 1.